The number of benzene rings is 7. The van der Waals surface area contributed by atoms with E-state index in [1.807, 2.05) is 11.3 Å². The first-order valence-corrected chi connectivity index (χ1v) is 24.7. The first-order chi connectivity index (χ1) is 30.7. The number of hydrogen-bond acceptors (Lipinski definition) is 2. The largest absolute Gasteiger partial charge is 0.355 e. The Morgan fingerprint density at radius 1 is 0.585 bits per heavy atom. The summed E-state index contributed by atoms with van der Waals surface area (Å²) in [6.45, 7) is 28.8. The highest BCUT2D eigenvalue weighted by Gasteiger charge is 2.44. The highest BCUT2D eigenvalue weighted by atomic mass is 32.1. The fourth-order valence-corrected chi connectivity index (χ4v) is 13.2. The predicted octanol–water partition coefficient (Wildman–Crippen LogP) is 15.8. The fourth-order valence-electron chi connectivity index (χ4n) is 12.1. The van der Waals surface area contributed by atoms with Crippen molar-refractivity contribution >= 4 is 82.9 Å². The van der Waals surface area contributed by atoms with Crippen LogP contribution in [0.2, 0.25) is 0 Å². The zero-order chi connectivity index (χ0) is 45.3. The molecule has 1 radical (unpaired) electrons. The summed E-state index contributed by atoms with van der Waals surface area (Å²) < 4.78 is 5.39. The number of aromatic nitrogens is 1. The molecule has 0 spiro atoms. The van der Waals surface area contributed by atoms with Gasteiger partial charge >= 0.3 is 0 Å². The number of anilines is 2. The first kappa shape index (κ1) is 40.9. The molecule has 65 heavy (non-hydrogen) atoms. The van der Waals surface area contributed by atoms with Crippen LogP contribution in [-0.2, 0) is 27.1 Å². The van der Waals surface area contributed by atoms with Gasteiger partial charge in [-0.05, 0) is 144 Å². The van der Waals surface area contributed by atoms with Gasteiger partial charge in [0.05, 0.1) is 5.52 Å². The van der Waals surface area contributed by atoms with Gasteiger partial charge in [0.1, 0.15) is 0 Å². The molecule has 323 valence electrons. The number of nitrogens with one attached hydrogen (secondary N) is 1. The van der Waals surface area contributed by atoms with E-state index in [1.165, 1.54) is 127 Å². The molecule has 0 unspecified atom stereocenters. The maximum absolute atomic E-state index is 4.02. The molecule has 1 N–H and O–H groups in total. The van der Waals surface area contributed by atoms with Gasteiger partial charge in [-0.25, -0.2) is 0 Å². The minimum absolute atomic E-state index is 0.0554. The van der Waals surface area contributed by atoms with E-state index in [4.69, 9.17) is 0 Å². The molecule has 2 aliphatic carbocycles. The summed E-state index contributed by atoms with van der Waals surface area (Å²) in [5, 5.41) is 9.46. The highest BCUT2D eigenvalue weighted by molar-refractivity contribution is 7.25. The monoisotopic (exact) mass is 863 g/mol. The van der Waals surface area contributed by atoms with Gasteiger partial charge in [0.25, 0.3) is 0 Å². The van der Waals surface area contributed by atoms with E-state index in [2.05, 4.69) is 216 Å². The zero-order valence-corrected chi connectivity index (χ0v) is 41.1. The van der Waals surface area contributed by atoms with Crippen molar-refractivity contribution in [1.82, 2.24) is 4.57 Å². The molecule has 0 atom stereocenters. The molecular weight excluding hydrogens is 804 g/mol. The quantitative estimate of drug-likeness (QED) is 0.175. The van der Waals surface area contributed by atoms with Crippen LogP contribution in [0.3, 0.4) is 0 Å². The van der Waals surface area contributed by atoms with Crippen LogP contribution in [0.15, 0.2) is 115 Å². The normalized spacial score (nSPS) is 16.7. The third-order valence-electron chi connectivity index (χ3n) is 16.0. The van der Waals surface area contributed by atoms with Crippen LogP contribution < -0.4 is 16.2 Å². The molecule has 4 heteroatoms. The maximum atomic E-state index is 4.02. The molecule has 9 aromatic rings. The third-order valence-corrected chi connectivity index (χ3v) is 17.1. The average molecular weight is 864 g/mol. The lowest BCUT2D eigenvalue weighted by Crippen LogP contribution is -2.38. The zero-order valence-electron chi connectivity index (χ0n) is 40.3. The van der Waals surface area contributed by atoms with Crippen molar-refractivity contribution in [3.8, 4) is 27.9 Å². The van der Waals surface area contributed by atoms with E-state index in [1.54, 1.807) is 0 Å². The van der Waals surface area contributed by atoms with Gasteiger partial charge in [0, 0.05) is 59.1 Å². The molecule has 3 heterocycles. The van der Waals surface area contributed by atoms with Crippen LogP contribution >= 0.6 is 11.3 Å². The van der Waals surface area contributed by atoms with Crippen LogP contribution in [0, 0.1) is 0 Å². The second kappa shape index (κ2) is 13.3. The molecule has 0 amide bonds. The second-order valence-corrected chi connectivity index (χ2v) is 24.6. The Kier molecular flexibility index (Phi) is 8.36. The molecule has 0 fully saturated rings. The van der Waals surface area contributed by atoms with Gasteiger partial charge < -0.3 is 9.88 Å². The summed E-state index contributed by atoms with van der Waals surface area (Å²) >= 11 is 1.92. The average Bonchev–Trinajstić information content (AvgIpc) is 3.87. The van der Waals surface area contributed by atoms with Gasteiger partial charge in [0.15, 0.2) is 7.28 Å². The third kappa shape index (κ3) is 5.84. The molecule has 1 aliphatic heterocycles. The number of hydrogen-bond donors (Lipinski definition) is 1. The second-order valence-electron chi connectivity index (χ2n) is 23.6. The van der Waals surface area contributed by atoms with E-state index >= 15 is 0 Å². The van der Waals surface area contributed by atoms with Gasteiger partial charge in [-0.1, -0.05) is 155 Å². The molecule has 0 saturated heterocycles. The molecule has 0 saturated carbocycles. The van der Waals surface area contributed by atoms with Gasteiger partial charge in [-0.3, -0.25) is 0 Å². The molecule has 3 aliphatic rings. The highest BCUT2D eigenvalue weighted by Crippen LogP contribution is 2.58. The van der Waals surface area contributed by atoms with Crippen molar-refractivity contribution in [2.24, 2.45) is 0 Å². The Morgan fingerprint density at radius 3 is 1.97 bits per heavy atom. The minimum atomic E-state index is -0.277. The Morgan fingerprint density at radius 2 is 1.25 bits per heavy atom. The van der Waals surface area contributed by atoms with Crippen molar-refractivity contribution < 1.29 is 0 Å². The van der Waals surface area contributed by atoms with Crippen molar-refractivity contribution in [2.75, 3.05) is 5.32 Å². The SMILES string of the molecule is CC(C)(C)c1ccc(Nc2ccc(C(C)(C)C)cc2-c2c3c(c4c5cc6c(cc5n5c4c2[B]c2cc4c(cc2-5)sc2ccccc24)C(C)(C)CCC6(C)C)-c2ccccc2C3(C)C)cc1. The predicted molar refractivity (Wildman–Crippen MR) is 284 cm³/mol. The van der Waals surface area contributed by atoms with E-state index in [0.717, 1.165) is 11.4 Å². The maximum Gasteiger partial charge on any atom is 0.197 e. The molecular formula is C61H60BN2S. The Labute approximate surface area is 390 Å². The summed E-state index contributed by atoms with van der Waals surface area (Å²) in [6.07, 6.45) is 2.36. The van der Waals surface area contributed by atoms with Crippen LogP contribution in [0.4, 0.5) is 11.4 Å². The van der Waals surface area contributed by atoms with Crippen molar-refractivity contribution in [2.45, 2.75) is 123 Å². The van der Waals surface area contributed by atoms with Crippen LogP contribution in [-0.4, -0.2) is 11.8 Å². The number of fused-ring (bicyclic) bond motifs is 13. The first-order valence-electron chi connectivity index (χ1n) is 23.9. The number of thiophene rings is 1. The Bertz CT molecular complexity index is 3520. The molecule has 7 aromatic carbocycles. The summed E-state index contributed by atoms with van der Waals surface area (Å²) in [5.41, 5.74) is 22.5. The Balaban J connectivity index is 1.27. The van der Waals surface area contributed by atoms with Crippen molar-refractivity contribution in [1.29, 1.82) is 0 Å². The van der Waals surface area contributed by atoms with Gasteiger partial charge in [0.2, 0.25) is 0 Å². The lowest BCUT2D eigenvalue weighted by molar-refractivity contribution is 0.332. The van der Waals surface area contributed by atoms with Crippen LogP contribution in [0.1, 0.15) is 129 Å². The number of rotatable bonds is 3. The molecule has 2 aromatic heterocycles. The lowest BCUT2D eigenvalue weighted by Gasteiger charge is -2.42. The van der Waals surface area contributed by atoms with E-state index in [9.17, 15) is 0 Å². The standard InChI is InChI=1S/C61H60BN2S/c1-57(2,3)34-21-24-36(25-22-34)63-46-26-23-35(58(4,5)6)29-40(46)53-54-51(38-18-13-15-19-42(38)61(54,11)12)52-41-30-43-44(60(9,10)28-27-59(43,7)8)32-47(41)64-48-33-50-39(31-45(48)62-55(53)56(52)64)37-17-14-16-20-49(37)65-50/h13-26,29-33,63H,27-28H2,1-12H3. The Hall–Kier alpha value is -5.58. The minimum Gasteiger partial charge on any atom is -0.355 e. The van der Waals surface area contributed by atoms with E-state index < -0.39 is 0 Å². The summed E-state index contributed by atoms with van der Waals surface area (Å²) in [6, 6.07) is 44.9. The van der Waals surface area contributed by atoms with Gasteiger partial charge in [-0.2, -0.15) is 0 Å². The van der Waals surface area contributed by atoms with Crippen LogP contribution in [0.25, 0.3) is 69.9 Å². The lowest BCUT2D eigenvalue weighted by atomic mass is 9.57. The van der Waals surface area contributed by atoms with Crippen LogP contribution in [0.5, 0.6) is 0 Å². The number of nitrogens with zero attached hydrogens (tertiary/aromatic N) is 1. The topological polar surface area (TPSA) is 17.0 Å². The molecule has 12 rings (SSSR count). The van der Waals surface area contributed by atoms with Gasteiger partial charge in [-0.15, -0.1) is 11.3 Å². The summed E-state index contributed by atoms with van der Waals surface area (Å²) in [4.78, 5) is 0. The van der Waals surface area contributed by atoms with Crippen molar-refractivity contribution in [3.05, 3.63) is 149 Å². The van der Waals surface area contributed by atoms with E-state index in [0.29, 0.717) is 0 Å². The summed E-state index contributed by atoms with van der Waals surface area (Å²) in [5.74, 6) is 0. The smallest absolute Gasteiger partial charge is 0.197 e. The summed E-state index contributed by atoms with van der Waals surface area (Å²) in [7, 11) is 2.58. The molecule has 2 nitrogen and oxygen atoms in total. The van der Waals surface area contributed by atoms with E-state index in [-0.39, 0.29) is 27.1 Å². The molecule has 0 bridgehead atoms. The fraction of sp³-hybridized carbons (Fsp3) is 0.311. The van der Waals surface area contributed by atoms with Crippen molar-refractivity contribution in [3.63, 3.8) is 0 Å².